The Labute approximate surface area is 127 Å². The lowest BCUT2D eigenvalue weighted by molar-refractivity contribution is 0.318. The minimum atomic E-state index is 0.741. The van der Waals surface area contributed by atoms with Gasteiger partial charge in [0, 0.05) is 25.4 Å². The maximum atomic E-state index is 5.83. The van der Waals surface area contributed by atoms with Crippen LogP contribution in [0, 0.1) is 6.92 Å². The molecule has 1 aromatic heterocycles. The SMILES string of the molecule is CCCOc1cc(C)ccc1NCc1cn(C)nc1CC. The van der Waals surface area contributed by atoms with Crippen LogP contribution in [0.25, 0.3) is 0 Å². The van der Waals surface area contributed by atoms with Crippen molar-refractivity contribution in [3.8, 4) is 5.75 Å². The highest BCUT2D eigenvalue weighted by atomic mass is 16.5. The van der Waals surface area contributed by atoms with Crippen molar-refractivity contribution in [1.29, 1.82) is 0 Å². The summed E-state index contributed by atoms with van der Waals surface area (Å²) in [6, 6.07) is 6.27. The second-order valence-electron chi connectivity index (χ2n) is 5.33. The largest absolute Gasteiger partial charge is 0.491 e. The zero-order chi connectivity index (χ0) is 15.2. The molecule has 0 aliphatic rings. The maximum absolute atomic E-state index is 5.83. The van der Waals surface area contributed by atoms with Crippen LogP contribution in [0.15, 0.2) is 24.4 Å². The van der Waals surface area contributed by atoms with Gasteiger partial charge in [0.2, 0.25) is 0 Å². The van der Waals surface area contributed by atoms with Crippen molar-refractivity contribution in [2.24, 2.45) is 7.05 Å². The van der Waals surface area contributed by atoms with E-state index in [1.165, 1.54) is 11.1 Å². The summed E-state index contributed by atoms with van der Waals surface area (Å²) in [6.45, 7) is 7.84. The molecule has 0 amide bonds. The summed E-state index contributed by atoms with van der Waals surface area (Å²) >= 11 is 0. The van der Waals surface area contributed by atoms with Crippen molar-refractivity contribution >= 4 is 5.69 Å². The number of nitrogens with one attached hydrogen (secondary N) is 1. The number of nitrogens with zero attached hydrogens (tertiary/aromatic N) is 2. The van der Waals surface area contributed by atoms with E-state index in [-0.39, 0.29) is 0 Å². The van der Waals surface area contributed by atoms with E-state index >= 15 is 0 Å². The van der Waals surface area contributed by atoms with E-state index < -0.39 is 0 Å². The number of ether oxygens (including phenoxy) is 1. The second kappa shape index (κ2) is 7.16. The van der Waals surface area contributed by atoms with Gasteiger partial charge in [0.15, 0.2) is 0 Å². The average Bonchev–Trinajstić information content (AvgIpc) is 2.84. The fourth-order valence-electron chi connectivity index (χ4n) is 2.33. The lowest BCUT2D eigenvalue weighted by Gasteiger charge is -2.13. The van der Waals surface area contributed by atoms with E-state index in [9.17, 15) is 0 Å². The molecule has 0 fully saturated rings. The molecule has 21 heavy (non-hydrogen) atoms. The summed E-state index contributed by atoms with van der Waals surface area (Å²) in [7, 11) is 1.96. The van der Waals surface area contributed by atoms with Crippen molar-refractivity contribution < 1.29 is 4.74 Å². The van der Waals surface area contributed by atoms with Crippen LogP contribution in [-0.2, 0) is 20.0 Å². The van der Waals surface area contributed by atoms with Crippen LogP contribution in [0.3, 0.4) is 0 Å². The second-order valence-corrected chi connectivity index (χ2v) is 5.33. The van der Waals surface area contributed by atoms with Crippen LogP contribution < -0.4 is 10.1 Å². The zero-order valence-corrected chi connectivity index (χ0v) is 13.4. The molecule has 0 aliphatic heterocycles. The summed E-state index contributed by atoms with van der Waals surface area (Å²) in [4.78, 5) is 0. The molecule has 1 aromatic carbocycles. The number of rotatable bonds is 7. The van der Waals surface area contributed by atoms with Gasteiger partial charge in [-0.25, -0.2) is 0 Å². The van der Waals surface area contributed by atoms with Crippen LogP contribution in [-0.4, -0.2) is 16.4 Å². The number of aromatic nitrogens is 2. The Bertz CT molecular complexity index is 590. The summed E-state index contributed by atoms with van der Waals surface area (Å²) in [5.74, 6) is 0.929. The molecule has 0 saturated heterocycles. The van der Waals surface area contributed by atoms with Gasteiger partial charge < -0.3 is 10.1 Å². The minimum absolute atomic E-state index is 0.741. The fourth-order valence-corrected chi connectivity index (χ4v) is 2.33. The molecule has 0 saturated carbocycles. The van der Waals surface area contributed by atoms with E-state index in [1.807, 2.05) is 11.7 Å². The maximum Gasteiger partial charge on any atom is 0.142 e. The molecule has 114 valence electrons. The number of benzene rings is 1. The molecular formula is C17H25N3O. The van der Waals surface area contributed by atoms with Gasteiger partial charge in [-0.2, -0.15) is 5.10 Å². The van der Waals surface area contributed by atoms with Crippen LogP contribution in [0.5, 0.6) is 5.75 Å². The van der Waals surface area contributed by atoms with Crippen LogP contribution in [0.1, 0.15) is 37.1 Å². The van der Waals surface area contributed by atoms with Gasteiger partial charge in [0.05, 0.1) is 18.0 Å². The van der Waals surface area contributed by atoms with E-state index in [1.54, 1.807) is 0 Å². The third-order valence-electron chi connectivity index (χ3n) is 3.39. The van der Waals surface area contributed by atoms with E-state index in [0.29, 0.717) is 0 Å². The molecule has 2 aromatic rings. The van der Waals surface area contributed by atoms with Gasteiger partial charge in [-0.1, -0.05) is 19.9 Å². The molecule has 0 bridgehead atoms. The van der Waals surface area contributed by atoms with Gasteiger partial charge in [-0.3, -0.25) is 4.68 Å². The lowest BCUT2D eigenvalue weighted by atomic mass is 10.2. The summed E-state index contributed by atoms with van der Waals surface area (Å²) < 4.78 is 7.71. The Morgan fingerprint density at radius 3 is 2.81 bits per heavy atom. The molecule has 4 heteroatoms. The number of aryl methyl sites for hydroxylation is 3. The predicted octanol–water partition coefficient (Wildman–Crippen LogP) is 3.69. The van der Waals surface area contributed by atoms with Crippen LogP contribution >= 0.6 is 0 Å². The highest BCUT2D eigenvalue weighted by molar-refractivity contribution is 5.58. The van der Waals surface area contributed by atoms with Crippen molar-refractivity contribution in [2.75, 3.05) is 11.9 Å². The number of hydrogen-bond donors (Lipinski definition) is 1. The third-order valence-corrected chi connectivity index (χ3v) is 3.39. The van der Waals surface area contributed by atoms with Crippen molar-refractivity contribution in [2.45, 2.75) is 40.2 Å². The van der Waals surface area contributed by atoms with Crippen molar-refractivity contribution in [3.05, 3.63) is 41.2 Å². The molecule has 1 N–H and O–H groups in total. The number of hydrogen-bond acceptors (Lipinski definition) is 3. The Morgan fingerprint density at radius 2 is 2.10 bits per heavy atom. The van der Waals surface area contributed by atoms with E-state index in [0.717, 1.165) is 43.1 Å². The van der Waals surface area contributed by atoms with Crippen molar-refractivity contribution in [3.63, 3.8) is 0 Å². The fraction of sp³-hybridized carbons (Fsp3) is 0.471. The molecule has 1 heterocycles. The first-order valence-electron chi connectivity index (χ1n) is 7.62. The molecule has 0 radical (unpaired) electrons. The topological polar surface area (TPSA) is 39.1 Å². The molecule has 0 atom stereocenters. The first-order chi connectivity index (χ1) is 10.1. The van der Waals surface area contributed by atoms with Gasteiger partial charge in [-0.05, 0) is 37.5 Å². The van der Waals surface area contributed by atoms with Gasteiger partial charge >= 0.3 is 0 Å². The molecular weight excluding hydrogens is 262 g/mol. The Balaban J connectivity index is 2.11. The summed E-state index contributed by atoms with van der Waals surface area (Å²) in [5, 5.41) is 7.95. The van der Waals surface area contributed by atoms with Gasteiger partial charge in [0.25, 0.3) is 0 Å². The molecule has 0 spiro atoms. The Morgan fingerprint density at radius 1 is 1.29 bits per heavy atom. The zero-order valence-electron chi connectivity index (χ0n) is 13.4. The molecule has 4 nitrogen and oxygen atoms in total. The molecule has 0 unspecified atom stereocenters. The van der Waals surface area contributed by atoms with Gasteiger partial charge in [0.1, 0.15) is 5.75 Å². The van der Waals surface area contributed by atoms with Crippen LogP contribution in [0.4, 0.5) is 5.69 Å². The quantitative estimate of drug-likeness (QED) is 0.844. The highest BCUT2D eigenvalue weighted by Gasteiger charge is 2.08. The Hall–Kier alpha value is -1.97. The van der Waals surface area contributed by atoms with E-state index in [2.05, 4.69) is 55.6 Å². The molecule has 0 aliphatic carbocycles. The Kier molecular flexibility index (Phi) is 5.26. The normalized spacial score (nSPS) is 10.7. The van der Waals surface area contributed by atoms with Crippen LogP contribution in [0.2, 0.25) is 0 Å². The first-order valence-corrected chi connectivity index (χ1v) is 7.62. The monoisotopic (exact) mass is 287 g/mol. The summed E-state index contributed by atoms with van der Waals surface area (Å²) in [5.41, 5.74) is 4.64. The highest BCUT2D eigenvalue weighted by Crippen LogP contribution is 2.26. The standard InChI is InChI=1S/C17H25N3O/c1-5-9-21-17-10-13(3)7-8-16(17)18-11-14-12-20(4)19-15(14)6-2/h7-8,10,12,18H,5-6,9,11H2,1-4H3. The first kappa shape index (κ1) is 15.4. The van der Waals surface area contributed by atoms with Crippen molar-refractivity contribution in [1.82, 2.24) is 9.78 Å². The average molecular weight is 287 g/mol. The smallest absolute Gasteiger partial charge is 0.142 e. The third kappa shape index (κ3) is 4.00. The minimum Gasteiger partial charge on any atom is -0.491 e. The molecule has 2 rings (SSSR count). The number of anilines is 1. The lowest BCUT2D eigenvalue weighted by Crippen LogP contribution is -2.04. The summed E-state index contributed by atoms with van der Waals surface area (Å²) in [6.07, 6.45) is 4.04. The van der Waals surface area contributed by atoms with E-state index in [4.69, 9.17) is 4.74 Å². The van der Waals surface area contributed by atoms with Gasteiger partial charge in [-0.15, -0.1) is 0 Å². The predicted molar refractivity (Wildman–Crippen MR) is 86.9 cm³/mol.